The van der Waals surface area contributed by atoms with Gasteiger partial charge in [-0.15, -0.1) is 0 Å². The molecule has 0 heterocycles. The second-order valence-electron chi connectivity index (χ2n) is 4.40. The van der Waals surface area contributed by atoms with Gasteiger partial charge < -0.3 is 0 Å². The highest BCUT2D eigenvalue weighted by Gasteiger charge is 2.07. The van der Waals surface area contributed by atoms with Crippen LogP contribution < -0.4 is 0 Å². The first-order chi connectivity index (χ1) is 8.86. The van der Waals surface area contributed by atoms with E-state index in [2.05, 4.69) is 74.5 Å². The maximum Gasteiger partial charge on any atom is -0.0222 e. The third kappa shape index (κ3) is 2.70. The number of benzene rings is 2. The largest absolute Gasteiger partial charge is 0.0622 e. The summed E-state index contributed by atoms with van der Waals surface area (Å²) in [7, 11) is 0. The van der Waals surface area contributed by atoms with Crippen LogP contribution in [0, 0.1) is 0 Å². The van der Waals surface area contributed by atoms with Crippen LogP contribution in [0.1, 0.15) is 37.8 Å². The fraction of sp³-hybridized carbons (Fsp3) is 0.222. The molecule has 0 radical (unpaired) electrons. The molecule has 92 valence electrons. The molecular formula is C18H20. The molecule has 0 heteroatoms. The summed E-state index contributed by atoms with van der Waals surface area (Å²) in [4.78, 5) is 0. The molecule has 0 unspecified atom stereocenters. The Morgan fingerprint density at radius 2 is 0.944 bits per heavy atom. The Bertz CT molecular complexity index is 457. The Kier molecular flexibility index (Phi) is 4.35. The Morgan fingerprint density at radius 3 is 1.22 bits per heavy atom. The van der Waals surface area contributed by atoms with Crippen LogP contribution in [0.2, 0.25) is 0 Å². The van der Waals surface area contributed by atoms with E-state index in [9.17, 15) is 0 Å². The summed E-state index contributed by atoms with van der Waals surface area (Å²) in [6, 6.07) is 21.4. The lowest BCUT2D eigenvalue weighted by Crippen LogP contribution is -1.91. The van der Waals surface area contributed by atoms with Crippen molar-refractivity contribution in [1.82, 2.24) is 0 Å². The predicted octanol–water partition coefficient (Wildman–Crippen LogP) is 5.42. The van der Waals surface area contributed by atoms with Crippen molar-refractivity contribution in [1.29, 1.82) is 0 Å². The molecular weight excluding hydrogens is 216 g/mol. The van der Waals surface area contributed by atoms with E-state index in [1.807, 2.05) is 0 Å². The van der Waals surface area contributed by atoms with Gasteiger partial charge in [0, 0.05) is 0 Å². The lowest BCUT2D eigenvalue weighted by Gasteiger charge is -2.13. The van der Waals surface area contributed by atoms with E-state index in [4.69, 9.17) is 0 Å². The van der Waals surface area contributed by atoms with Crippen molar-refractivity contribution in [2.24, 2.45) is 0 Å². The molecule has 2 aromatic rings. The van der Waals surface area contributed by atoms with Gasteiger partial charge in [-0.25, -0.2) is 0 Å². The molecule has 2 aromatic carbocycles. The van der Waals surface area contributed by atoms with Gasteiger partial charge in [-0.2, -0.15) is 0 Å². The SMILES string of the molecule is CC/C(=C(\CC)c1ccccc1)c1ccccc1. The number of hydrogen-bond acceptors (Lipinski definition) is 0. The van der Waals surface area contributed by atoms with E-state index >= 15 is 0 Å². The van der Waals surface area contributed by atoms with E-state index in [0.29, 0.717) is 0 Å². The summed E-state index contributed by atoms with van der Waals surface area (Å²) in [5.74, 6) is 0. The van der Waals surface area contributed by atoms with Gasteiger partial charge in [0.25, 0.3) is 0 Å². The fourth-order valence-corrected chi connectivity index (χ4v) is 2.46. The van der Waals surface area contributed by atoms with Gasteiger partial charge in [0.2, 0.25) is 0 Å². The molecule has 0 aliphatic carbocycles. The van der Waals surface area contributed by atoms with Crippen molar-refractivity contribution in [3.63, 3.8) is 0 Å². The van der Waals surface area contributed by atoms with Gasteiger partial charge in [-0.1, -0.05) is 74.5 Å². The van der Waals surface area contributed by atoms with Gasteiger partial charge in [-0.3, -0.25) is 0 Å². The predicted molar refractivity (Wildman–Crippen MR) is 80.3 cm³/mol. The van der Waals surface area contributed by atoms with Gasteiger partial charge in [0.15, 0.2) is 0 Å². The van der Waals surface area contributed by atoms with Crippen LogP contribution in [-0.2, 0) is 0 Å². The highest BCUT2D eigenvalue weighted by molar-refractivity contribution is 5.90. The molecule has 0 spiro atoms. The molecule has 0 nitrogen and oxygen atoms in total. The Hall–Kier alpha value is -1.82. The van der Waals surface area contributed by atoms with Gasteiger partial charge in [-0.05, 0) is 35.1 Å². The minimum atomic E-state index is 1.07. The summed E-state index contributed by atoms with van der Waals surface area (Å²) in [5, 5.41) is 0. The minimum absolute atomic E-state index is 1.07. The van der Waals surface area contributed by atoms with Gasteiger partial charge in [0.05, 0.1) is 0 Å². The van der Waals surface area contributed by atoms with Crippen molar-refractivity contribution in [2.45, 2.75) is 26.7 Å². The summed E-state index contributed by atoms with van der Waals surface area (Å²) >= 11 is 0. The first-order valence-corrected chi connectivity index (χ1v) is 6.69. The molecule has 0 N–H and O–H groups in total. The quantitative estimate of drug-likeness (QED) is 0.622. The standard InChI is InChI=1S/C18H20/c1-3-17(15-11-7-5-8-12-15)18(4-2)16-13-9-6-10-14-16/h5-14H,3-4H2,1-2H3/b18-17-. The molecule has 2 rings (SSSR count). The Labute approximate surface area is 110 Å². The summed E-state index contributed by atoms with van der Waals surface area (Å²) in [5.41, 5.74) is 5.62. The highest BCUT2D eigenvalue weighted by atomic mass is 14.1. The van der Waals surface area contributed by atoms with E-state index in [1.54, 1.807) is 0 Å². The summed E-state index contributed by atoms with van der Waals surface area (Å²) < 4.78 is 0. The maximum atomic E-state index is 2.24. The van der Waals surface area contributed by atoms with E-state index in [-0.39, 0.29) is 0 Å². The maximum absolute atomic E-state index is 2.24. The first-order valence-electron chi connectivity index (χ1n) is 6.69. The topological polar surface area (TPSA) is 0 Å². The Morgan fingerprint density at radius 1 is 0.611 bits per heavy atom. The second-order valence-corrected chi connectivity index (χ2v) is 4.40. The molecule has 0 saturated carbocycles. The molecule has 0 saturated heterocycles. The third-order valence-electron chi connectivity index (χ3n) is 3.32. The van der Waals surface area contributed by atoms with E-state index in [1.165, 1.54) is 22.3 Å². The zero-order chi connectivity index (χ0) is 12.8. The summed E-state index contributed by atoms with van der Waals surface area (Å²) in [6.07, 6.45) is 2.14. The van der Waals surface area contributed by atoms with Gasteiger partial charge in [0.1, 0.15) is 0 Å². The smallest absolute Gasteiger partial charge is 0.0222 e. The van der Waals surface area contributed by atoms with E-state index in [0.717, 1.165) is 12.8 Å². The monoisotopic (exact) mass is 236 g/mol. The minimum Gasteiger partial charge on any atom is -0.0622 e. The molecule has 0 aromatic heterocycles. The molecule has 0 aliphatic rings. The summed E-state index contributed by atoms with van der Waals surface area (Å²) in [6.45, 7) is 4.47. The van der Waals surface area contributed by atoms with Crippen LogP contribution in [0.15, 0.2) is 60.7 Å². The van der Waals surface area contributed by atoms with Crippen LogP contribution in [0.25, 0.3) is 11.1 Å². The van der Waals surface area contributed by atoms with Crippen molar-refractivity contribution in [2.75, 3.05) is 0 Å². The zero-order valence-electron chi connectivity index (χ0n) is 11.2. The Balaban J connectivity index is 2.53. The normalized spacial score (nSPS) is 12.1. The number of hydrogen-bond donors (Lipinski definition) is 0. The first kappa shape index (κ1) is 12.6. The van der Waals surface area contributed by atoms with Crippen molar-refractivity contribution in [3.05, 3.63) is 71.8 Å². The molecule has 0 atom stereocenters. The lowest BCUT2D eigenvalue weighted by molar-refractivity contribution is 1.18. The molecule has 0 amide bonds. The lowest BCUT2D eigenvalue weighted by atomic mass is 9.91. The van der Waals surface area contributed by atoms with Crippen molar-refractivity contribution >= 4 is 11.1 Å². The van der Waals surface area contributed by atoms with Crippen LogP contribution >= 0.6 is 0 Å². The second kappa shape index (κ2) is 6.20. The van der Waals surface area contributed by atoms with Crippen molar-refractivity contribution in [3.8, 4) is 0 Å². The van der Waals surface area contributed by atoms with Crippen LogP contribution in [-0.4, -0.2) is 0 Å². The van der Waals surface area contributed by atoms with Crippen LogP contribution in [0.5, 0.6) is 0 Å². The fourth-order valence-electron chi connectivity index (χ4n) is 2.46. The number of rotatable bonds is 4. The number of allylic oxidation sites excluding steroid dienone is 2. The molecule has 0 fully saturated rings. The van der Waals surface area contributed by atoms with Crippen LogP contribution in [0.3, 0.4) is 0 Å². The third-order valence-corrected chi connectivity index (χ3v) is 3.32. The van der Waals surface area contributed by atoms with Gasteiger partial charge >= 0.3 is 0 Å². The van der Waals surface area contributed by atoms with E-state index < -0.39 is 0 Å². The van der Waals surface area contributed by atoms with Crippen molar-refractivity contribution < 1.29 is 0 Å². The molecule has 0 bridgehead atoms. The average molecular weight is 236 g/mol. The molecule has 0 aliphatic heterocycles. The molecule has 18 heavy (non-hydrogen) atoms. The highest BCUT2D eigenvalue weighted by Crippen LogP contribution is 2.30. The van der Waals surface area contributed by atoms with Crippen LogP contribution in [0.4, 0.5) is 0 Å². The zero-order valence-corrected chi connectivity index (χ0v) is 11.2. The average Bonchev–Trinajstić information content (AvgIpc) is 2.46.